The number of nitrogens with zero attached hydrogens (tertiary/aromatic N) is 1. The monoisotopic (exact) mass is 281 g/mol. The van der Waals surface area contributed by atoms with E-state index in [0.717, 1.165) is 0 Å². The maximum absolute atomic E-state index is 11.9. The van der Waals surface area contributed by atoms with Gasteiger partial charge in [0.15, 0.2) is 0 Å². The Morgan fingerprint density at radius 2 is 2.10 bits per heavy atom. The highest BCUT2D eigenvalue weighted by molar-refractivity contribution is 5.91. The largest absolute Gasteiger partial charge is 0.456 e. The summed E-state index contributed by atoms with van der Waals surface area (Å²) in [4.78, 5) is 22.4. The van der Waals surface area contributed by atoms with Crippen LogP contribution in [0.25, 0.3) is 0 Å². The fourth-order valence-corrected chi connectivity index (χ4v) is 1.50. The Labute approximate surface area is 117 Å². The molecule has 7 nitrogen and oxygen atoms in total. The van der Waals surface area contributed by atoms with Gasteiger partial charge in [0.25, 0.3) is 5.69 Å². The van der Waals surface area contributed by atoms with Gasteiger partial charge in [-0.15, -0.1) is 0 Å². The molecule has 0 aliphatic heterocycles. The Balaban J connectivity index is 3.04. The van der Waals surface area contributed by atoms with Gasteiger partial charge in [-0.05, 0) is 32.9 Å². The van der Waals surface area contributed by atoms with Crippen molar-refractivity contribution in [1.29, 1.82) is 0 Å². The highest BCUT2D eigenvalue weighted by Crippen LogP contribution is 2.26. The summed E-state index contributed by atoms with van der Waals surface area (Å²) in [6, 6.07) is 4.17. The number of nitro benzene ring substituents is 1. The van der Waals surface area contributed by atoms with Gasteiger partial charge < -0.3 is 15.8 Å². The molecular weight excluding hydrogens is 262 g/mol. The molecule has 0 radical (unpaired) electrons. The highest BCUT2D eigenvalue weighted by Gasteiger charge is 2.21. The number of esters is 1. The van der Waals surface area contributed by atoms with Crippen LogP contribution in [0.5, 0.6) is 0 Å². The zero-order valence-electron chi connectivity index (χ0n) is 11.8. The number of hydrogen-bond acceptors (Lipinski definition) is 6. The molecule has 0 aromatic heterocycles. The molecule has 110 valence electrons. The van der Waals surface area contributed by atoms with E-state index in [2.05, 4.69) is 5.32 Å². The van der Waals surface area contributed by atoms with Gasteiger partial charge in [-0.25, -0.2) is 4.79 Å². The number of carbonyl (C=O) groups excluding carboxylic acids is 1. The first-order valence-electron chi connectivity index (χ1n) is 6.20. The molecule has 0 heterocycles. The van der Waals surface area contributed by atoms with E-state index in [0.29, 0.717) is 18.8 Å². The number of anilines is 1. The van der Waals surface area contributed by atoms with E-state index in [9.17, 15) is 14.9 Å². The summed E-state index contributed by atoms with van der Waals surface area (Å²) in [5.74, 6) is -0.592. The minimum atomic E-state index is -0.650. The summed E-state index contributed by atoms with van der Waals surface area (Å²) in [7, 11) is 0. The molecule has 0 spiro atoms. The predicted molar refractivity (Wildman–Crippen MR) is 75.8 cm³/mol. The van der Waals surface area contributed by atoms with Crippen LogP contribution in [0.2, 0.25) is 0 Å². The lowest BCUT2D eigenvalue weighted by Gasteiger charge is -2.19. The van der Waals surface area contributed by atoms with Crippen molar-refractivity contribution in [1.82, 2.24) is 0 Å². The molecule has 0 aliphatic rings. The Hall–Kier alpha value is -2.15. The molecular formula is C13H19N3O4. The third-order valence-electron chi connectivity index (χ3n) is 2.29. The number of nitrogens with two attached hydrogens (primary N) is 1. The zero-order valence-corrected chi connectivity index (χ0v) is 11.8. The average Bonchev–Trinajstić information content (AvgIpc) is 2.33. The van der Waals surface area contributed by atoms with Crippen LogP contribution in [0, 0.1) is 10.1 Å². The Kier molecular flexibility index (Phi) is 5.04. The summed E-state index contributed by atoms with van der Waals surface area (Å²) in [5.41, 5.74) is 4.98. The molecule has 0 saturated heterocycles. The lowest BCUT2D eigenvalue weighted by molar-refractivity contribution is -0.384. The second-order valence-corrected chi connectivity index (χ2v) is 5.21. The number of rotatable bonds is 5. The summed E-state index contributed by atoms with van der Waals surface area (Å²) >= 11 is 0. The van der Waals surface area contributed by atoms with Crippen LogP contribution in [-0.2, 0) is 4.74 Å². The minimum absolute atomic E-state index is 0.143. The van der Waals surface area contributed by atoms with Crippen molar-refractivity contribution in [3.05, 3.63) is 33.9 Å². The van der Waals surface area contributed by atoms with Gasteiger partial charge in [0.05, 0.1) is 10.5 Å². The highest BCUT2D eigenvalue weighted by atomic mass is 16.6. The van der Waals surface area contributed by atoms with Gasteiger partial charge in [0, 0.05) is 19.2 Å². The first-order valence-corrected chi connectivity index (χ1v) is 6.20. The van der Waals surface area contributed by atoms with E-state index >= 15 is 0 Å². The maximum atomic E-state index is 11.9. The Bertz CT molecular complexity index is 509. The third-order valence-corrected chi connectivity index (χ3v) is 2.29. The Morgan fingerprint density at radius 1 is 1.45 bits per heavy atom. The van der Waals surface area contributed by atoms with Crippen molar-refractivity contribution in [3.63, 3.8) is 0 Å². The lowest BCUT2D eigenvalue weighted by Crippen LogP contribution is -2.24. The molecule has 1 aromatic carbocycles. The first-order chi connectivity index (χ1) is 9.24. The molecule has 0 atom stereocenters. The van der Waals surface area contributed by atoms with Crippen molar-refractivity contribution in [2.75, 3.05) is 18.4 Å². The SMILES string of the molecule is CC(C)(C)OC(=O)c1ccc(NCCN)c([N+](=O)[O-])c1. The van der Waals surface area contributed by atoms with Gasteiger partial charge in [-0.2, -0.15) is 0 Å². The molecule has 1 aromatic rings. The summed E-state index contributed by atoms with van der Waals surface area (Å²) < 4.78 is 5.18. The summed E-state index contributed by atoms with van der Waals surface area (Å²) in [6.07, 6.45) is 0. The number of nitrogens with one attached hydrogen (secondary N) is 1. The van der Waals surface area contributed by atoms with Gasteiger partial charge in [0.2, 0.25) is 0 Å². The van der Waals surface area contributed by atoms with E-state index < -0.39 is 16.5 Å². The van der Waals surface area contributed by atoms with Gasteiger partial charge in [-0.3, -0.25) is 10.1 Å². The first kappa shape index (κ1) is 15.9. The number of benzene rings is 1. The fraction of sp³-hybridized carbons (Fsp3) is 0.462. The maximum Gasteiger partial charge on any atom is 0.338 e. The van der Waals surface area contributed by atoms with Crippen LogP contribution < -0.4 is 11.1 Å². The second-order valence-electron chi connectivity index (χ2n) is 5.21. The van der Waals surface area contributed by atoms with Crippen molar-refractivity contribution in [2.45, 2.75) is 26.4 Å². The fourth-order valence-electron chi connectivity index (χ4n) is 1.50. The number of carbonyl (C=O) groups is 1. The summed E-state index contributed by atoms with van der Waals surface area (Å²) in [6.45, 7) is 5.96. The smallest absolute Gasteiger partial charge is 0.338 e. The minimum Gasteiger partial charge on any atom is -0.456 e. The molecule has 20 heavy (non-hydrogen) atoms. The second kappa shape index (κ2) is 6.33. The van der Waals surface area contributed by atoms with Crippen LogP contribution in [0.3, 0.4) is 0 Å². The van der Waals surface area contributed by atoms with E-state index in [4.69, 9.17) is 10.5 Å². The van der Waals surface area contributed by atoms with Crippen molar-refractivity contribution in [2.24, 2.45) is 5.73 Å². The average molecular weight is 281 g/mol. The van der Waals surface area contributed by atoms with Crippen molar-refractivity contribution in [3.8, 4) is 0 Å². The third kappa shape index (κ3) is 4.51. The summed E-state index contributed by atoms with van der Waals surface area (Å²) in [5, 5.41) is 13.9. The van der Waals surface area contributed by atoms with Gasteiger partial charge in [0.1, 0.15) is 11.3 Å². The van der Waals surface area contributed by atoms with Crippen LogP contribution in [0.4, 0.5) is 11.4 Å². The quantitative estimate of drug-likeness (QED) is 0.485. The lowest BCUT2D eigenvalue weighted by atomic mass is 10.1. The predicted octanol–water partition coefficient (Wildman–Crippen LogP) is 1.92. The number of nitro groups is 1. The zero-order chi connectivity index (χ0) is 15.3. The number of ether oxygens (including phenoxy) is 1. The molecule has 0 saturated carbocycles. The molecule has 0 unspecified atom stereocenters. The molecule has 3 N–H and O–H groups in total. The molecule has 0 bridgehead atoms. The van der Waals surface area contributed by atoms with Crippen LogP contribution >= 0.6 is 0 Å². The Morgan fingerprint density at radius 3 is 2.60 bits per heavy atom. The van der Waals surface area contributed by atoms with Crippen LogP contribution in [0.15, 0.2) is 18.2 Å². The normalized spacial score (nSPS) is 11.0. The van der Waals surface area contributed by atoms with Crippen LogP contribution in [-0.4, -0.2) is 29.6 Å². The molecule has 0 aliphatic carbocycles. The topological polar surface area (TPSA) is 107 Å². The molecule has 7 heteroatoms. The van der Waals surface area contributed by atoms with E-state index in [1.54, 1.807) is 20.8 Å². The molecule has 0 fully saturated rings. The molecule has 1 rings (SSSR count). The van der Waals surface area contributed by atoms with E-state index in [1.165, 1.54) is 18.2 Å². The standard InChI is InChI=1S/C13H19N3O4/c1-13(2,3)20-12(17)9-4-5-10(15-7-6-14)11(8-9)16(18)19/h4-5,8,15H,6-7,14H2,1-3H3. The van der Waals surface area contributed by atoms with E-state index in [-0.39, 0.29) is 11.3 Å². The van der Waals surface area contributed by atoms with Crippen molar-refractivity contribution < 1.29 is 14.5 Å². The number of hydrogen-bond donors (Lipinski definition) is 2. The van der Waals surface area contributed by atoms with Gasteiger partial charge in [-0.1, -0.05) is 0 Å². The van der Waals surface area contributed by atoms with Crippen LogP contribution in [0.1, 0.15) is 31.1 Å². The van der Waals surface area contributed by atoms with Gasteiger partial charge >= 0.3 is 5.97 Å². The van der Waals surface area contributed by atoms with E-state index in [1.807, 2.05) is 0 Å². The molecule has 0 amide bonds. The van der Waals surface area contributed by atoms with Crippen molar-refractivity contribution >= 4 is 17.3 Å².